The predicted molar refractivity (Wildman–Crippen MR) is 91.7 cm³/mol. The van der Waals surface area contributed by atoms with Gasteiger partial charge in [-0.15, -0.1) is 0 Å². The Bertz CT molecular complexity index is 929. The van der Waals surface area contributed by atoms with Gasteiger partial charge in [0.1, 0.15) is 0 Å². The fraction of sp³-hybridized carbons (Fsp3) is 0.421. The summed E-state index contributed by atoms with van der Waals surface area (Å²) in [5, 5.41) is 4.67. The van der Waals surface area contributed by atoms with E-state index in [4.69, 9.17) is 4.98 Å². The van der Waals surface area contributed by atoms with E-state index in [9.17, 15) is 0 Å². The second kappa shape index (κ2) is 5.11. The molecule has 0 radical (unpaired) electrons. The lowest BCUT2D eigenvalue weighted by Crippen LogP contribution is -2.38. The van der Waals surface area contributed by atoms with Crippen molar-refractivity contribution in [2.24, 2.45) is 0 Å². The molecule has 5 heteroatoms. The molecule has 1 fully saturated rings. The van der Waals surface area contributed by atoms with E-state index in [0.29, 0.717) is 12.1 Å². The van der Waals surface area contributed by atoms with E-state index in [1.807, 2.05) is 6.92 Å². The Morgan fingerprint density at radius 2 is 2.08 bits per heavy atom. The van der Waals surface area contributed by atoms with Crippen molar-refractivity contribution in [2.45, 2.75) is 51.7 Å². The second-order valence-corrected chi connectivity index (χ2v) is 7.11. The van der Waals surface area contributed by atoms with Crippen molar-refractivity contribution in [2.75, 3.05) is 0 Å². The summed E-state index contributed by atoms with van der Waals surface area (Å²) < 4.78 is 2.07. The van der Waals surface area contributed by atoms with Gasteiger partial charge in [0.2, 0.25) is 0 Å². The van der Waals surface area contributed by atoms with Crippen molar-refractivity contribution in [3.05, 3.63) is 58.8 Å². The number of aromatic nitrogens is 4. The first-order valence-corrected chi connectivity index (χ1v) is 8.71. The summed E-state index contributed by atoms with van der Waals surface area (Å²) in [4.78, 5) is 12.0. The van der Waals surface area contributed by atoms with Gasteiger partial charge in [-0.3, -0.25) is 9.88 Å². The Morgan fingerprint density at radius 1 is 1.17 bits per heavy atom. The summed E-state index contributed by atoms with van der Waals surface area (Å²) in [6, 6.07) is 9.40. The lowest BCUT2D eigenvalue weighted by atomic mass is 9.99. The third kappa shape index (κ3) is 2.08. The SMILES string of the molecule is Cc1cccc(CN2C3CCC2c2cnc4cc(C)nn4c2C3)n1. The van der Waals surface area contributed by atoms with Crippen LogP contribution in [0.15, 0.2) is 30.5 Å². The zero-order chi connectivity index (χ0) is 16.3. The lowest BCUT2D eigenvalue weighted by Gasteiger charge is -2.35. The van der Waals surface area contributed by atoms with Crippen LogP contribution < -0.4 is 0 Å². The highest BCUT2D eigenvalue weighted by atomic mass is 15.3. The number of nitrogens with zero attached hydrogens (tertiary/aromatic N) is 5. The van der Waals surface area contributed by atoms with Gasteiger partial charge in [-0.05, 0) is 38.8 Å². The van der Waals surface area contributed by atoms with E-state index in [0.717, 1.165) is 30.0 Å². The topological polar surface area (TPSA) is 46.3 Å². The maximum absolute atomic E-state index is 4.70. The Labute approximate surface area is 141 Å². The maximum atomic E-state index is 4.70. The molecule has 2 unspecified atom stereocenters. The minimum Gasteiger partial charge on any atom is -0.287 e. The number of aryl methyl sites for hydroxylation is 2. The van der Waals surface area contributed by atoms with Gasteiger partial charge in [-0.25, -0.2) is 9.50 Å². The first-order valence-electron chi connectivity index (χ1n) is 8.71. The van der Waals surface area contributed by atoms with Crippen LogP contribution in [0.3, 0.4) is 0 Å². The van der Waals surface area contributed by atoms with Crippen LogP contribution in [0, 0.1) is 13.8 Å². The average molecular weight is 319 g/mol. The van der Waals surface area contributed by atoms with Crippen LogP contribution >= 0.6 is 0 Å². The molecule has 2 aliphatic rings. The zero-order valence-corrected chi connectivity index (χ0v) is 14.1. The quantitative estimate of drug-likeness (QED) is 0.728. The molecule has 1 saturated heterocycles. The standard InChI is InChI=1S/C19H21N5/c1-12-4-3-5-14(21-12)11-23-15-6-7-17(23)16-10-20-19-8-13(2)22-24(19)18(16)9-15/h3-5,8,10,15,17H,6-7,9,11H2,1-2H3. The van der Waals surface area contributed by atoms with Crippen LogP contribution in [-0.4, -0.2) is 30.5 Å². The molecule has 3 aromatic heterocycles. The van der Waals surface area contributed by atoms with Gasteiger partial charge >= 0.3 is 0 Å². The molecule has 24 heavy (non-hydrogen) atoms. The van der Waals surface area contributed by atoms with Gasteiger partial charge in [0, 0.05) is 48.6 Å². The molecule has 2 bridgehead atoms. The van der Waals surface area contributed by atoms with E-state index in [-0.39, 0.29) is 0 Å². The molecule has 122 valence electrons. The Morgan fingerprint density at radius 3 is 2.96 bits per heavy atom. The molecule has 5 nitrogen and oxygen atoms in total. The summed E-state index contributed by atoms with van der Waals surface area (Å²) in [5.41, 5.74) is 6.97. The van der Waals surface area contributed by atoms with Gasteiger partial charge in [0.25, 0.3) is 0 Å². The highest BCUT2D eigenvalue weighted by Gasteiger charge is 2.41. The van der Waals surface area contributed by atoms with Gasteiger partial charge in [-0.2, -0.15) is 5.10 Å². The maximum Gasteiger partial charge on any atom is 0.155 e. The molecular weight excluding hydrogens is 298 g/mol. The number of hydrogen-bond donors (Lipinski definition) is 0. The highest BCUT2D eigenvalue weighted by Crippen LogP contribution is 2.44. The summed E-state index contributed by atoms with van der Waals surface area (Å²) >= 11 is 0. The predicted octanol–water partition coefficient (Wildman–Crippen LogP) is 3.00. The molecule has 0 amide bonds. The first kappa shape index (κ1) is 14.1. The number of rotatable bonds is 2. The molecule has 0 saturated carbocycles. The van der Waals surface area contributed by atoms with E-state index in [2.05, 4.69) is 56.9 Å². The van der Waals surface area contributed by atoms with E-state index < -0.39 is 0 Å². The first-order chi connectivity index (χ1) is 11.7. The van der Waals surface area contributed by atoms with Crippen molar-refractivity contribution < 1.29 is 0 Å². The van der Waals surface area contributed by atoms with Gasteiger partial charge < -0.3 is 0 Å². The lowest BCUT2D eigenvalue weighted by molar-refractivity contribution is 0.163. The smallest absolute Gasteiger partial charge is 0.155 e. The van der Waals surface area contributed by atoms with Crippen LogP contribution in [0.4, 0.5) is 0 Å². The summed E-state index contributed by atoms with van der Waals surface area (Å²) in [6.07, 6.45) is 5.58. The van der Waals surface area contributed by atoms with Crippen LogP contribution in [0.5, 0.6) is 0 Å². The average Bonchev–Trinajstić information content (AvgIpc) is 3.06. The zero-order valence-electron chi connectivity index (χ0n) is 14.1. The van der Waals surface area contributed by atoms with Crippen LogP contribution in [-0.2, 0) is 13.0 Å². The Hall–Kier alpha value is -2.27. The minimum absolute atomic E-state index is 0.447. The van der Waals surface area contributed by atoms with Crippen molar-refractivity contribution >= 4 is 5.65 Å². The summed E-state index contributed by atoms with van der Waals surface area (Å²) in [6.45, 7) is 5.02. The van der Waals surface area contributed by atoms with Crippen LogP contribution in [0.2, 0.25) is 0 Å². The molecule has 0 N–H and O–H groups in total. The third-order valence-electron chi connectivity index (χ3n) is 5.46. The molecule has 0 aromatic carbocycles. The molecule has 5 rings (SSSR count). The highest BCUT2D eigenvalue weighted by molar-refractivity contribution is 5.44. The largest absolute Gasteiger partial charge is 0.287 e. The second-order valence-electron chi connectivity index (χ2n) is 7.11. The van der Waals surface area contributed by atoms with Crippen LogP contribution in [0.25, 0.3) is 5.65 Å². The molecule has 2 aliphatic heterocycles. The number of pyridine rings is 1. The molecular formula is C19H21N5. The van der Waals surface area contributed by atoms with Crippen molar-refractivity contribution in [1.29, 1.82) is 0 Å². The van der Waals surface area contributed by atoms with Gasteiger partial charge in [0.05, 0.1) is 17.1 Å². The number of hydrogen-bond acceptors (Lipinski definition) is 4. The third-order valence-corrected chi connectivity index (χ3v) is 5.46. The minimum atomic E-state index is 0.447. The van der Waals surface area contributed by atoms with Crippen molar-refractivity contribution in [1.82, 2.24) is 24.5 Å². The van der Waals surface area contributed by atoms with Crippen molar-refractivity contribution in [3.63, 3.8) is 0 Å². The Kier molecular flexibility index (Phi) is 3.00. The van der Waals surface area contributed by atoms with E-state index in [1.165, 1.54) is 29.8 Å². The van der Waals surface area contributed by atoms with E-state index in [1.54, 1.807) is 0 Å². The fourth-order valence-electron chi connectivity index (χ4n) is 4.42. The summed E-state index contributed by atoms with van der Waals surface area (Å²) in [5.74, 6) is 0. The number of fused-ring (bicyclic) bond motifs is 6. The normalized spacial score (nSPS) is 22.9. The monoisotopic (exact) mass is 319 g/mol. The van der Waals surface area contributed by atoms with Crippen LogP contribution in [0.1, 0.15) is 47.2 Å². The molecule has 5 heterocycles. The molecule has 3 aromatic rings. The van der Waals surface area contributed by atoms with E-state index >= 15 is 0 Å². The molecule has 2 atom stereocenters. The Balaban J connectivity index is 1.54. The molecule has 0 aliphatic carbocycles. The molecule has 0 spiro atoms. The fourth-order valence-corrected chi connectivity index (χ4v) is 4.42. The van der Waals surface area contributed by atoms with Gasteiger partial charge in [-0.1, -0.05) is 6.07 Å². The summed E-state index contributed by atoms with van der Waals surface area (Å²) in [7, 11) is 0. The van der Waals surface area contributed by atoms with Gasteiger partial charge in [0.15, 0.2) is 5.65 Å². The van der Waals surface area contributed by atoms with Crippen molar-refractivity contribution in [3.8, 4) is 0 Å².